The molecule has 0 aliphatic carbocycles. The van der Waals surface area contributed by atoms with Crippen LogP contribution in [0.2, 0.25) is 0 Å². The zero-order valence-corrected chi connectivity index (χ0v) is 7.33. The first-order valence-electron chi connectivity index (χ1n) is 2.83. The minimum atomic E-state index is 0. The first-order chi connectivity index (χ1) is 4.35. The van der Waals surface area contributed by atoms with E-state index in [0.717, 1.165) is 6.61 Å². The Kier molecular flexibility index (Phi) is 11.9. The highest BCUT2D eigenvalue weighted by Crippen LogP contribution is 2.08. The second-order valence-electron chi connectivity index (χ2n) is 1.63. The van der Waals surface area contributed by atoms with Gasteiger partial charge in [0, 0.05) is 6.54 Å². The van der Waals surface area contributed by atoms with Crippen molar-refractivity contribution in [1.29, 1.82) is 0 Å². The molecule has 0 aromatic rings. The van der Waals surface area contributed by atoms with Gasteiger partial charge in [-0.3, -0.25) is 0 Å². The summed E-state index contributed by atoms with van der Waals surface area (Å²) < 4.78 is 4.73. The summed E-state index contributed by atoms with van der Waals surface area (Å²) in [6.45, 7) is 4.82. The lowest BCUT2D eigenvalue weighted by molar-refractivity contribution is 0.425. The molecule has 10 heavy (non-hydrogen) atoms. The monoisotopic (exact) mass is 185 g/mol. The van der Waals surface area contributed by atoms with E-state index in [1.165, 1.54) is 0 Å². The molecule has 1 rings (SSSR count). The largest absolute Gasteiger partial charge is 0.372 e. The second kappa shape index (κ2) is 9.24. The topological polar surface area (TPSA) is 38.5 Å². The summed E-state index contributed by atoms with van der Waals surface area (Å²) in [5.41, 5.74) is 4.91. The number of halogens is 2. The summed E-state index contributed by atoms with van der Waals surface area (Å²) in [5.74, 6) is 0.667. The fourth-order valence-electron chi connectivity index (χ4n) is 0.157. The molecule has 1 aliphatic heterocycles. The summed E-state index contributed by atoms with van der Waals surface area (Å²) in [6, 6.07) is 0. The number of epoxide rings is 1. The van der Waals surface area contributed by atoms with Crippen molar-refractivity contribution in [2.45, 2.75) is 6.10 Å². The maximum atomic E-state index is 5.27. The Hall–Kier alpha value is 0.240. The van der Waals surface area contributed by atoms with E-state index >= 15 is 0 Å². The predicted octanol–water partition coefficient (Wildman–Crippen LogP) is 1.18. The van der Waals surface area contributed by atoms with Crippen LogP contribution >= 0.6 is 24.0 Å². The number of rotatable bonds is 2. The molecule has 0 aromatic carbocycles. The van der Waals surface area contributed by atoms with Gasteiger partial charge in [-0.2, -0.15) is 0 Å². The van der Waals surface area contributed by atoms with Crippen molar-refractivity contribution in [3.8, 4) is 0 Å². The minimum Gasteiger partial charge on any atom is -0.372 e. The molecule has 2 nitrogen and oxygen atoms in total. The third-order valence-corrected chi connectivity index (χ3v) is 1.09. The van der Waals surface area contributed by atoms with Crippen LogP contribution in [0.1, 0.15) is 0 Å². The molecule has 0 bridgehead atoms. The van der Waals surface area contributed by atoms with Crippen LogP contribution < -0.4 is 5.73 Å². The molecule has 1 heterocycles. The molecule has 62 valence electrons. The van der Waals surface area contributed by atoms with Crippen molar-refractivity contribution in [3.63, 3.8) is 0 Å². The number of ether oxygens (including phenoxy) is 1. The van der Waals surface area contributed by atoms with E-state index in [1.54, 1.807) is 6.08 Å². The van der Waals surface area contributed by atoms with Gasteiger partial charge >= 0.3 is 0 Å². The highest BCUT2D eigenvalue weighted by molar-refractivity contribution is 6.18. The number of alkyl halides is 1. The van der Waals surface area contributed by atoms with E-state index in [9.17, 15) is 0 Å². The smallest absolute Gasteiger partial charge is 0.0944 e. The standard InChI is InChI=1S/C3H5ClO.C3H7N.ClH/c4-1-3-2-5-3;1-2-3-4;/h3H,1-2H2;2H,1,3-4H2;1H/t3-;;/m0../s1. The van der Waals surface area contributed by atoms with Gasteiger partial charge < -0.3 is 10.5 Å². The molecule has 1 aliphatic rings. The lowest BCUT2D eigenvalue weighted by Crippen LogP contribution is -1.90. The SMILES string of the molecule is C=CCN.Cl.ClC[C@H]1CO1. The third kappa shape index (κ3) is 11.1. The van der Waals surface area contributed by atoms with Gasteiger partial charge in [0.2, 0.25) is 0 Å². The second-order valence-corrected chi connectivity index (χ2v) is 1.94. The van der Waals surface area contributed by atoms with Gasteiger partial charge in [-0.05, 0) is 0 Å². The van der Waals surface area contributed by atoms with Gasteiger partial charge in [-0.1, -0.05) is 6.08 Å². The molecule has 0 aromatic heterocycles. The molecule has 0 radical (unpaired) electrons. The van der Waals surface area contributed by atoms with E-state index in [0.29, 0.717) is 18.5 Å². The normalized spacial score (nSPS) is 19.6. The van der Waals surface area contributed by atoms with E-state index in [4.69, 9.17) is 22.1 Å². The zero-order valence-electron chi connectivity index (χ0n) is 5.75. The van der Waals surface area contributed by atoms with Gasteiger partial charge in [0.05, 0.1) is 18.6 Å². The Morgan fingerprint density at radius 3 is 2.20 bits per heavy atom. The predicted molar refractivity (Wildman–Crippen MR) is 47.0 cm³/mol. The summed E-state index contributed by atoms with van der Waals surface area (Å²) in [7, 11) is 0. The van der Waals surface area contributed by atoms with Gasteiger partial charge in [-0.25, -0.2) is 0 Å². The van der Waals surface area contributed by atoms with E-state index in [1.807, 2.05) is 0 Å². The van der Waals surface area contributed by atoms with Crippen LogP contribution in [0, 0.1) is 0 Å². The summed E-state index contributed by atoms with van der Waals surface area (Å²) in [6.07, 6.45) is 2.05. The van der Waals surface area contributed by atoms with Crippen LogP contribution in [0.25, 0.3) is 0 Å². The van der Waals surface area contributed by atoms with Crippen molar-refractivity contribution in [2.75, 3.05) is 19.0 Å². The van der Waals surface area contributed by atoms with Crippen molar-refractivity contribution in [1.82, 2.24) is 0 Å². The maximum Gasteiger partial charge on any atom is 0.0944 e. The van der Waals surface area contributed by atoms with Crippen LogP contribution in [0.3, 0.4) is 0 Å². The summed E-state index contributed by atoms with van der Waals surface area (Å²) in [4.78, 5) is 0. The lowest BCUT2D eigenvalue weighted by Gasteiger charge is -1.67. The minimum absolute atomic E-state index is 0. The molecule has 0 amide bonds. The maximum absolute atomic E-state index is 5.27. The fraction of sp³-hybridized carbons (Fsp3) is 0.667. The molecule has 0 unspecified atom stereocenters. The number of nitrogens with two attached hydrogens (primary N) is 1. The summed E-state index contributed by atoms with van der Waals surface area (Å²) >= 11 is 5.27. The highest BCUT2D eigenvalue weighted by atomic mass is 35.5. The van der Waals surface area contributed by atoms with Gasteiger partial charge in [0.15, 0.2) is 0 Å². The molecule has 0 spiro atoms. The Morgan fingerprint density at radius 1 is 1.80 bits per heavy atom. The summed E-state index contributed by atoms with van der Waals surface area (Å²) in [5, 5.41) is 0. The van der Waals surface area contributed by atoms with Crippen LogP contribution in [-0.2, 0) is 4.74 Å². The molecule has 1 saturated heterocycles. The van der Waals surface area contributed by atoms with Gasteiger partial charge in [0.25, 0.3) is 0 Å². The number of hydrogen-bond acceptors (Lipinski definition) is 2. The third-order valence-electron chi connectivity index (χ3n) is 0.741. The Morgan fingerprint density at radius 2 is 2.20 bits per heavy atom. The van der Waals surface area contributed by atoms with Crippen molar-refractivity contribution >= 4 is 24.0 Å². The van der Waals surface area contributed by atoms with Crippen LogP contribution in [0.15, 0.2) is 12.7 Å². The van der Waals surface area contributed by atoms with Gasteiger partial charge in [-0.15, -0.1) is 30.6 Å². The first kappa shape index (κ1) is 12.9. The molecular formula is C6H13Cl2NO. The lowest BCUT2D eigenvalue weighted by atomic mass is 10.6. The van der Waals surface area contributed by atoms with Crippen molar-refractivity contribution in [2.24, 2.45) is 5.73 Å². The van der Waals surface area contributed by atoms with Crippen LogP contribution in [-0.4, -0.2) is 25.1 Å². The van der Waals surface area contributed by atoms with Crippen molar-refractivity contribution in [3.05, 3.63) is 12.7 Å². The average molecular weight is 186 g/mol. The molecule has 0 saturated carbocycles. The molecule has 1 atom stereocenters. The molecule has 1 fully saturated rings. The Balaban J connectivity index is 0. The fourth-order valence-corrected chi connectivity index (χ4v) is 0.335. The van der Waals surface area contributed by atoms with E-state index in [-0.39, 0.29) is 12.4 Å². The average Bonchev–Trinajstić information content (AvgIpc) is 2.70. The molecular weight excluding hydrogens is 173 g/mol. The molecule has 4 heteroatoms. The molecule has 2 N–H and O–H groups in total. The quantitative estimate of drug-likeness (QED) is 0.399. The van der Waals surface area contributed by atoms with Crippen LogP contribution in [0.4, 0.5) is 0 Å². The van der Waals surface area contributed by atoms with Crippen LogP contribution in [0.5, 0.6) is 0 Å². The Labute approximate surface area is 72.8 Å². The Bertz CT molecular complexity index is 76.1. The van der Waals surface area contributed by atoms with E-state index in [2.05, 4.69) is 6.58 Å². The van der Waals surface area contributed by atoms with Crippen molar-refractivity contribution < 1.29 is 4.74 Å². The first-order valence-corrected chi connectivity index (χ1v) is 3.37. The van der Waals surface area contributed by atoms with Gasteiger partial charge in [0.1, 0.15) is 0 Å². The highest BCUT2D eigenvalue weighted by Gasteiger charge is 2.19. The number of hydrogen-bond donors (Lipinski definition) is 1. The zero-order chi connectivity index (χ0) is 7.11. The van der Waals surface area contributed by atoms with E-state index < -0.39 is 0 Å².